The summed E-state index contributed by atoms with van der Waals surface area (Å²) in [6.45, 7) is 0.442. The van der Waals surface area contributed by atoms with Crippen molar-refractivity contribution in [3.05, 3.63) is 90.0 Å². The first-order valence-corrected chi connectivity index (χ1v) is 11.3. The molecule has 3 aromatic rings. The van der Waals surface area contributed by atoms with E-state index in [0.717, 1.165) is 9.87 Å². The van der Waals surface area contributed by atoms with Crippen LogP contribution in [0.15, 0.2) is 78.9 Å². The van der Waals surface area contributed by atoms with Crippen molar-refractivity contribution in [3.8, 4) is 5.75 Å². The molecule has 7 nitrogen and oxygen atoms in total. The van der Waals surface area contributed by atoms with Gasteiger partial charge in [0.05, 0.1) is 11.4 Å². The van der Waals surface area contributed by atoms with Gasteiger partial charge >= 0.3 is 0 Å². The zero-order valence-corrected chi connectivity index (χ0v) is 17.3. The van der Waals surface area contributed by atoms with Gasteiger partial charge < -0.3 is 10.1 Å². The zero-order valence-electron chi connectivity index (χ0n) is 16.5. The van der Waals surface area contributed by atoms with Gasteiger partial charge in [-0.05, 0) is 48.0 Å². The van der Waals surface area contributed by atoms with Gasteiger partial charge in [-0.2, -0.15) is 0 Å². The maximum absolute atomic E-state index is 12.6. The van der Waals surface area contributed by atoms with Gasteiger partial charge in [0.2, 0.25) is 15.9 Å². The van der Waals surface area contributed by atoms with Crippen LogP contribution >= 0.6 is 0 Å². The number of amides is 2. The monoisotopic (exact) mass is 436 g/mol. The normalized spacial score (nSPS) is 15.0. The number of carbonyl (C=O) groups excluding carboxylic acids is 2. The highest BCUT2D eigenvalue weighted by Crippen LogP contribution is 2.26. The number of nitrogens with zero attached hydrogens (tertiary/aromatic N) is 1. The number of carbonyl (C=O) groups is 2. The molecule has 1 fully saturated rings. The predicted molar refractivity (Wildman–Crippen MR) is 118 cm³/mol. The molecule has 0 spiro atoms. The molecule has 3 aromatic carbocycles. The van der Waals surface area contributed by atoms with Crippen LogP contribution in [0.2, 0.25) is 0 Å². The Morgan fingerprint density at radius 2 is 1.71 bits per heavy atom. The molecule has 0 saturated carbocycles. The van der Waals surface area contributed by atoms with E-state index in [4.69, 9.17) is 4.74 Å². The first-order chi connectivity index (χ1) is 14.9. The van der Waals surface area contributed by atoms with Crippen molar-refractivity contribution in [3.63, 3.8) is 0 Å². The molecule has 31 heavy (non-hydrogen) atoms. The Morgan fingerprint density at radius 1 is 0.968 bits per heavy atom. The fraction of sp³-hybridized carbons (Fsp3) is 0.130. The number of rotatable bonds is 6. The molecule has 0 bridgehead atoms. The maximum Gasteiger partial charge on any atom is 0.255 e. The average molecular weight is 436 g/mol. The third kappa shape index (κ3) is 4.75. The number of ether oxygens (including phenoxy) is 1. The SMILES string of the molecule is O=C(Nc1ccc(OCc2ccccc2)cc1)c1cccc(N2C(=O)CCS2(=O)=O)c1. The van der Waals surface area contributed by atoms with E-state index in [9.17, 15) is 18.0 Å². The summed E-state index contributed by atoms with van der Waals surface area (Å²) in [5, 5.41) is 2.76. The van der Waals surface area contributed by atoms with Crippen LogP contribution in [0.25, 0.3) is 0 Å². The second kappa shape index (κ2) is 8.61. The molecule has 4 rings (SSSR count). The summed E-state index contributed by atoms with van der Waals surface area (Å²) in [5.41, 5.74) is 2.03. The quantitative estimate of drug-likeness (QED) is 0.638. The lowest BCUT2D eigenvalue weighted by atomic mass is 10.1. The molecule has 1 saturated heterocycles. The molecule has 1 heterocycles. The van der Waals surface area contributed by atoms with E-state index >= 15 is 0 Å². The summed E-state index contributed by atoms with van der Waals surface area (Å²) in [7, 11) is -3.68. The second-order valence-electron chi connectivity index (χ2n) is 7.03. The standard InChI is InChI=1S/C23H20N2O5S/c26-22-13-14-31(28,29)25(22)20-8-4-7-18(15-20)23(27)24-19-9-11-21(12-10-19)30-16-17-5-2-1-3-6-17/h1-12,15H,13-14,16H2,(H,24,27). The second-order valence-corrected chi connectivity index (χ2v) is 8.96. The fourth-order valence-corrected chi connectivity index (χ4v) is 4.67. The Labute approximate surface area is 180 Å². The van der Waals surface area contributed by atoms with Gasteiger partial charge in [-0.25, -0.2) is 12.7 Å². The smallest absolute Gasteiger partial charge is 0.255 e. The lowest BCUT2D eigenvalue weighted by Gasteiger charge is -2.16. The third-order valence-electron chi connectivity index (χ3n) is 4.78. The summed E-state index contributed by atoms with van der Waals surface area (Å²) < 4.78 is 30.7. The number of sulfonamides is 1. The van der Waals surface area contributed by atoms with Gasteiger partial charge in [0.1, 0.15) is 12.4 Å². The van der Waals surface area contributed by atoms with E-state index in [1.54, 1.807) is 36.4 Å². The largest absolute Gasteiger partial charge is 0.489 e. The van der Waals surface area contributed by atoms with Crippen molar-refractivity contribution >= 4 is 33.2 Å². The minimum absolute atomic E-state index is 0.0581. The van der Waals surface area contributed by atoms with Crippen LogP contribution in [-0.2, 0) is 21.4 Å². The van der Waals surface area contributed by atoms with E-state index < -0.39 is 21.8 Å². The van der Waals surface area contributed by atoms with Gasteiger partial charge in [0.25, 0.3) is 5.91 Å². The lowest BCUT2D eigenvalue weighted by Crippen LogP contribution is -2.29. The van der Waals surface area contributed by atoms with Crippen LogP contribution in [0.4, 0.5) is 11.4 Å². The first kappa shape index (κ1) is 20.6. The molecule has 1 aliphatic heterocycles. The molecule has 0 radical (unpaired) electrons. The molecule has 1 N–H and O–H groups in total. The highest BCUT2D eigenvalue weighted by atomic mass is 32.2. The minimum Gasteiger partial charge on any atom is -0.489 e. The number of benzene rings is 3. The van der Waals surface area contributed by atoms with Gasteiger partial charge in [0, 0.05) is 17.7 Å². The fourth-order valence-electron chi connectivity index (χ4n) is 3.22. The highest BCUT2D eigenvalue weighted by Gasteiger charge is 2.36. The summed E-state index contributed by atoms with van der Waals surface area (Å²) in [6.07, 6.45) is -0.0581. The van der Waals surface area contributed by atoms with Crippen molar-refractivity contribution in [1.82, 2.24) is 0 Å². The third-order valence-corrected chi connectivity index (χ3v) is 6.47. The Hall–Kier alpha value is -3.65. The summed E-state index contributed by atoms with van der Waals surface area (Å²) >= 11 is 0. The summed E-state index contributed by atoms with van der Waals surface area (Å²) in [5.74, 6) is -0.463. The van der Waals surface area contributed by atoms with Gasteiger partial charge in [0.15, 0.2) is 0 Å². The molecule has 2 amide bonds. The predicted octanol–water partition coefficient (Wildman–Crippen LogP) is 3.58. The first-order valence-electron chi connectivity index (χ1n) is 9.66. The van der Waals surface area contributed by atoms with Crippen LogP contribution in [0.5, 0.6) is 5.75 Å². The molecule has 0 atom stereocenters. The van der Waals surface area contributed by atoms with E-state index in [2.05, 4.69) is 5.32 Å². The summed E-state index contributed by atoms with van der Waals surface area (Å²) in [4.78, 5) is 24.6. The Morgan fingerprint density at radius 3 is 2.39 bits per heavy atom. The Bertz CT molecular complexity index is 1210. The molecule has 0 aliphatic carbocycles. The lowest BCUT2D eigenvalue weighted by molar-refractivity contribution is -0.116. The molecule has 0 unspecified atom stereocenters. The van der Waals surface area contributed by atoms with Crippen LogP contribution in [0.3, 0.4) is 0 Å². The molecule has 158 valence electrons. The van der Waals surface area contributed by atoms with Gasteiger partial charge in [-0.3, -0.25) is 9.59 Å². The molecule has 0 aromatic heterocycles. The number of nitrogens with one attached hydrogen (secondary N) is 1. The highest BCUT2D eigenvalue weighted by molar-refractivity contribution is 7.94. The number of hydrogen-bond acceptors (Lipinski definition) is 5. The average Bonchev–Trinajstić information content (AvgIpc) is 3.06. The summed E-state index contributed by atoms with van der Waals surface area (Å²) in [6, 6.07) is 22.7. The molecule has 8 heteroatoms. The van der Waals surface area contributed by atoms with Crippen LogP contribution in [0, 0.1) is 0 Å². The van der Waals surface area contributed by atoms with Crippen molar-refractivity contribution in [2.75, 3.05) is 15.4 Å². The van der Waals surface area contributed by atoms with Crippen LogP contribution in [-0.4, -0.2) is 26.0 Å². The maximum atomic E-state index is 12.6. The van der Waals surface area contributed by atoms with E-state index in [-0.39, 0.29) is 23.4 Å². The van der Waals surface area contributed by atoms with Crippen molar-refractivity contribution in [2.24, 2.45) is 0 Å². The van der Waals surface area contributed by atoms with E-state index in [1.807, 2.05) is 30.3 Å². The number of hydrogen-bond donors (Lipinski definition) is 1. The Kier molecular flexibility index (Phi) is 5.73. The van der Waals surface area contributed by atoms with Gasteiger partial charge in [-0.15, -0.1) is 0 Å². The van der Waals surface area contributed by atoms with E-state index in [1.165, 1.54) is 12.1 Å². The van der Waals surface area contributed by atoms with Crippen LogP contribution in [0.1, 0.15) is 22.3 Å². The van der Waals surface area contributed by atoms with Gasteiger partial charge in [-0.1, -0.05) is 36.4 Å². The zero-order chi connectivity index (χ0) is 21.8. The van der Waals surface area contributed by atoms with Crippen molar-refractivity contribution in [1.29, 1.82) is 0 Å². The topological polar surface area (TPSA) is 92.8 Å². The Balaban J connectivity index is 1.42. The molecular formula is C23H20N2O5S. The van der Waals surface area contributed by atoms with Crippen LogP contribution < -0.4 is 14.4 Å². The molecule has 1 aliphatic rings. The van der Waals surface area contributed by atoms with E-state index in [0.29, 0.717) is 18.0 Å². The van der Waals surface area contributed by atoms with Crippen molar-refractivity contribution in [2.45, 2.75) is 13.0 Å². The minimum atomic E-state index is -3.68. The van der Waals surface area contributed by atoms with Crippen molar-refractivity contribution < 1.29 is 22.7 Å². The number of anilines is 2. The molecular weight excluding hydrogens is 416 g/mol.